The van der Waals surface area contributed by atoms with Crippen LogP contribution in [-0.4, -0.2) is 21.8 Å². The summed E-state index contributed by atoms with van der Waals surface area (Å²) in [5, 5.41) is 2.21. The van der Waals surface area contributed by atoms with Crippen molar-refractivity contribution in [2.45, 2.75) is 20.0 Å². The van der Waals surface area contributed by atoms with Crippen molar-refractivity contribution in [1.82, 2.24) is 9.97 Å². The van der Waals surface area contributed by atoms with E-state index in [2.05, 4.69) is 10.3 Å². The van der Waals surface area contributed by atoms with E-state index < -0.39 is 23.7 Å². The molecule has 1 heterocycles. The van der Waals surface area contributed by atoms with Crippen LogP contribution < -0.4 is 10.1 Å². The fourth-order valence-electron chi connectivity index (χ4n) is 1.87. The van der Waals surface area contributed by atoms with E-state index in [1.165, 1.54) is 32.0 Å². The monoisotopic (exact) mass is 327 g/mol. The number of H-pyrrole nitrogens is 1. The van der Waals surface area contributed by atoms with Gasteiger partial charge in [-0.15, -0.1) is 0 Å². The van der Waals surface area contributed by atoms with Crippen LogP contribution in [0.3, 0.4) is 0 Å². The summed E-state index contributed by atoms with van der Waals surface area (Å²) < 4.78 is 42.9. The van der Waals surface area contributed by atoms with Crippen LogP contribution in [0, 0.1) is 6.92 Å². The second-order valence-corrected chi connectivity index (χ2v) is 4.59. The smallest absolute Gasteiger partial charge is 0.426 e. The van der Waals surface area contributed by atoms with Gasteiger partial charge in [0.25, 0.3) is 5.91 Å². The third kappa shape index (κ3) is 3.87. The molecule has 2 aromatic rings. The molecule has 0 aliphatic carbocycles. The normalized spacial score (nSPS) is 11.2. The Morgan fingerprint density at radius 1 is 1.26 bits per heavy atom. The lowest BCUT2D eigenvalue weighted by molar-refractivity contribution is -0.141. The summed E-state index contributed by atoms with van der Waals surface area (Å²) in [6.07, 6.45) is -4.60. The van der Waals surface area contributed by atoms with Crippen LogP contribution in [0.25, 0.3) is 0 Å². The molecule has 9 heteroatoms. The van der Waals surface area contributed by atoms with Gasteiger partial charge in [0.2, 0.25) is 5.95 Å². The van der Waals surface area contributed by atoms with E-state index in [9.17, 15) is 22.8 Å². The molecule has 0 bridgehead atoms. The number of aromatic amines is 1. The highest BCUT2D eigenvalue weighted by molar-refractivity contribution is 6.05. The first kappa shape index (κ1) is 16.5. The number of hydrogen-bond donors (Lipinski definition) is 2. The lowest BCUT2D eigenvalue weighted by atomic mass is 10.2. The number of aryl methyl sites for hydroxylation is 1. The van der Waals surface area contributed by atoms with Crippen molar-refractivity contribution in [2.75, 3.05) is 5.32 Å². The van der Waals surface area contributed by atoms with Gasteiger partial charge in [-0.25, -0.2) is 4.98 Å². The largest absolute Gasteiger partial charge is 0.433 e. The lowest BCUT2D eigenvalue weighted by Crippen LogP contribution is -2.16. The number of nitrogens with zero attached hydrogens (tertiary/aromatic N) is 1. The van der Waals surface area contributed by atoms with Gasteiger partial charge in [-0.3, -0.25) is 14.9 Å². The van der Waals surface area contributed by atoms with Crippen molar-refractivity contribution < 1.29 is 27.5 Å². The molecule has 0 saturated carbocycles. The van der Waals surface area contributed by atoms with E-state index in [1.807, 2.05) is 4.98 Å². The molecule has 0 atom stereocenters. The number of carbonyl (C=O) groups is 2. The van der Waals surface area contributed by atoms with Crippen LogP contribution in [-0.2, 0) is 11.0 Å². The summed E-state index contributed by atoms with van der Waals surface area (Å²) in [4.78, 5) is 28.8. The molecule has 122 valence electrons. The molecule has 23 heavy (non-hydrogen) atoms. The number of hydrogen-bond acceptors (Lipinski definition) is 4. The van der Waals surface area contributed by atoms with Crippen LogP contribution >= 0.6 is 0 Å². The van der Waals surface area contributed by atoms with Gasteiger partial charge in [0.05, 0.1) is 11.3 Å². The zero-order valence-electron chi connectivity index (χ0n) is 12.1. The maximum atomic E-state index is 12.7. The van der Waals surface area contributed by atoms with E-state index in [-0.39, 0.29) is 23.0 Å². The average Bonchev–Trinajstić information content (AvgIpc) is 2.79. The number of amides is 1. The maximum Gasteiger partial charge on any atom is 0.433 e. The molecule has 0 aliphatic heterocycles. The Kier molecular flexibility index (Phi) is 4.39. The molecule has 0 unspecified atom stereocenters. The predicted molar refractivity (Wildman–Crippen MR) is 74.0 cm³/mol. The van der Waals surface area contributed by atoms with Gasteiger partial charge in [-0.2, -0.15) is 13.2 Å². The molecule has 0 spiro atoms. The zero-order valence-corrected chi connectivity index (χ0v) is 12.1. The zero-order chi connectivity index (χ0) is 17.2. The SMILES string of the molecule is CC(=O)Oc1ccccc1C(=O)Nc1nc(C)c(C(F)(F)F)[nH]1. The number of esters is 1. The second-order valence-electron chi connectivity index (χ2n) is 4.59. The van der Waals surface area contributed by atoms with Crippen molar-refractivity contribution in [3.8, 4) is 5.75 Å². The molecule has 0 radical (unpaired) electrons. The number of carbonyl (C=O) groups excluding carboxylic acids is 2. The van der Waals surface area contributed by atoms with Gasteiger partial charge in [0.15, 0.2) is 0 Å². The van der Waals surface area contributed by atoms with E-state index >= 15 is 0 Å². The summed E-state index contributed by atoms with van der Waals surface area (Å²) in [7, 11) is 0. The molecule has 6 nitrogen and oxygen atoms in total. The Balaban J connectivity index is 2.25. The van der Waals surface area contributed by atoms with Crippen molar-refractivity contribution in [1.29, 1.82) is 0 Å². The van der Waals surface area contributed by atoms with Gasteiger partial charge < -0.3 is 9.72 Å². The van der Waals surface area contributed by atoms with Crippen LogP contribution in [0.1, 0.15) is 28.7 Å². The number of nitrogens with one attached hydrogen (secondary N) is 2. The highest BCUT2D eigenvalue weighted by Gasteiger charge is 2.35. The molecular weight excluding hydrogens is 315 g/mol. The number of halogens is 3. The number of rotatable bonds is 3. The minimum absolute atomic E-state index is 0.00294. The minimum atomic E-state index is -4.60. The molecule has 0 aliphatic rings. The van der Waals surface area contributed by atoms with E-state index in [4.69, 9.17) is 4.74 Å². The Morgan fingerprint density at radius 3 is 2.48 bits per heavy atom. The number of para-hydroxylation sites is 1. The molecule has 0 saturated heterocycles. The molecule has 1 aromatic carbocycles. The first-order valence-electron chi connectivity index (χ1n) is 6.41. The molecular formula is C14H12F3N3O3. The molecule has 0 fully saturated rings. The van der Waals surface area contributed by atoms with Crippen LogP contribution in [0.5, 0.6) is 5.75 Å². The number of anilines is 1. The maximum absolute atomic E-state index is 12.7. The highest BCUT2D eigenvalue weighted by Crippen LogP contribution is 2.31. The van der Waals surface area contributed by atoms with Crippen LogP contribution in [0.4, 0.5) is 19.1 Å². The molecule has 2 N–H and O–H groups in total. The van der Waals surface area contributed by atoms with Gasteiger partial charge in [-0.05, 0) is 19.1 Å². The van der Waals surface area contributed by atoms with Gasteiger partial charge in [0, 0.05) is 6.92 Å². The first-order chi connectivity index (χ1) is 10.7. The Bertz CT molecular complexity index is 753. The average molecular weight is 327 g/mol. The summed E-state index contributed by atoms with van der Waals surface area (Å²) in [6.45, 7) is 2.34. The Hall–Kier alpha value is -2.84. The number of alkyl halides is 3. The summed E-state index contributed by atoms with van der Waals surface area (Å²) in [6, 6.07) is 5.84. The fourth-order valence-corrected chi connectivity index (χ4v) is 1.87. The number of benzene rings is 1. The molecule has 1 aromatic heterocycles. The predicted octanol–water partition coefficient (Wildman–Crippen LogP) is 2.91. The van der Waals surface area contributed by atoms with E-state index in [0.717, 1.165) is 0 Å². The quantitative estimate of drug-likeness (QED) is 0.670. The number of imidazole rings is 1. The topological polar surface area (TPSA) is 84.1 Å². The Labute approximate surface area is 128 Å². The fraction of sp³-hybridized carbons (Fsp3) is 0.214. The Morgan fingerprint density at radius 2 is 1.91 bits per heavy atom. The van der Waals surface area contributed by atoms with Crippen molar-refractivity contribution >= 4 is 17.8 Å². The summed E-state index contributed by atoms with van der Waals surface area (Å²) in [5.74, 6) is -1.74. The van der Waals surface area contributed by atoms with Gasteiger partial charge >= 0.3 is 12.1 Å². The first-order valence-corrected chi connectivity index (χ1v) is 6.41. The van der Waals surface area contributed by atoms with Crippen LogP contribution in [0.2, 0.25) is 0 Å². The summed E-state index contributed by atoms with van der Waals surface area (Å²) in [5.41, 5.74) is -1.34. The van der Waals surface area contributed by atoms with Gasteiger partial charge in [-0.1, -0.05) is 12.1 Å². The lowest BCUT2D eigenvalue weighted by Gasteiger charge is -2.08. The second kappa shape index (κ2) is 6.11. The third-order valence-corrected chi connectivity index (χ3v) is 2.79. The van der Waals surface area contributed by atoms with Crippen molar-refractivity contribution in [3.05, 3.63) is 41.2 Å². The number of aromatic nitrogens is 2. The van der Waals surface area contributed by atoms with E-state index in [1.54, 1.807) is 6.07 Å². The van der Waals surface area contributed by atoms with Crippen LogP contribution in [0.15, 0.2) is 24.3 Å². The van der Waals surface area contributed by atoms with Crippen molar-refractivity contribution in [3.63, 3.8) is 0 Å². The van der Waals surface area contributed by atoms with Crippen molar-refractivity contribution in [2.24, 2.45) is 0 Å². The molecule has 1 amide bonds. The highest BCUT2D eigenvalue weighted by atomic mass is 19.4. The molecule has 2 rings (SSSR count). The van der Waals surface area contributed by atoms with Gasteiger partial charge in [0.1, 0.15) is 11.4 Å². The standard InChI is InChI=1S/C14H12F3N3O3/c1-7-11(14(15,16)17)19-13(18-7)20-12(22)9-5-3-4-6-10(9)23-8(2)21/h3-6H,1-2H3,(H2,18,19,20,22). The summed E-state index contributed by atoms with van der Waals surface area (Å²) >= 11 is 0. The number of ether oxygens (including phenoxy) is 1. The third-order valence-electron chi connectivity index (χ3n) is 2.79. The minimum Gasteiger partial charge on any atom is -0.426 e. The van der Waals surface area contributed by atoms with E-state index in [0.29, 0.717) is 0 Å².